The van der Waals surface area contributed by atoms with Gasteiger partial charge in [0.1, 0.15) is 17.7 Å². The van der Waals surface area contributed by atoms with Crippen LogP contribution in [0.5, 0.6) is 0 Å². The minimum atomic E-state index is -3.86. The van der Waals surface area contributed by atoms with E-state index in [0.717, 1.165) is 4.31 Å². The molecule has 1 saturated heterocycles. The van der Waals surface area contributed by atoms with Crippen LogP contribution < -0.4 is 5.73 Å². The van der Waals surface area contributed by atoms with E-state index in [4.69, 9.17) is 15.7 Å². The molecule has 0 bridgehead atoms. The van der Waals surface area contributed by atoms with E-state index in [9.17, 15) is 18.0 Å². The summed E-state index contributed by atoms with van der Waals surface area (Å²) in [5.41, 5.74) is 5.20. The number of carbonyl (C=O) groups excluding carboxylic acids is 2. The highest BCUT2D eigenvalue weighted by Gasteiger charge is 2.38. The van der Waals surface area contributed by atoms with Gasteiger partial charge in [-0.15, -0.1) is 0 Å². The number of ketones is 1. The molecule has 0 aromatic heterocycles. The highest BCUT2D eigenvalue weighted by molar-refractivity contribution is 7.89. The second-order valence-corrected chi connectivity index (χ2v) is 8.03. The Morgan fingerprint density at radius 1 is 1.30 bits per heavy atom. The van der Waals surface area contributed by atoms with E-state index >= 15 is 0 Å². The Morgan fingerprint density at radius 2 is 1.96 bits per heavy atom. The molecule has 1 aromatic rings. The number of Topliss-reactive ketones (excluding diaryl/α,β-unsaturated/α-hetero) is 1. The van der Waals surface area contributed by atoms with Crippen molar-refractivity contribution in [2.75, 3.05) is 13.2 Å². The molecule has 1 heterocycles. The lowest BCUT2D eigenvalue weighted by molar-refractivity contribution is -0.151. The van der Waals surface area contributed by atoms with Gasteiger partial charge < -0.3 is 10.5 Å². The Balaban J connectivity index is 2.16. The van der Waals surface area contributed by atoms with E-state index in [1.807, 2.05) is 0 Å². The lowest BCUT2D eigenvalue weighted by atomic mass is 10.1. The van der Waals surface area contributed by atoms with E-state index in [2.05, 4.69) is 0 Å². The van der Waals surface area contributed by atoms with Crippen LogP contribution in [0, 0.1) is 11.3 Å². The van der Waals surface area contributed by atoms with Crippen molar-refractivity contribution in [2.24, 2.45) is 5.73 Å². The van der Waals surface area contributed by atoms with E-state index in [0.29, 0.717) is 19.3 Å². The fourth-order valence-electron chi connectivity index (χ4n) is 2.83. The van der Waals surface area contributed by atoms with E-state index in [-0.39, 0.29) is 22.7 Å². The van der Waals surface area contributed by atoms with E-state index in [1.54, 1.807) is 24.3 Å². The van der Waals surface area contributed by atoms with E-state index in [1.165, 1.54) is 19.1 Å². The number of sulfonamides is 1. The summed E-state index contributed by atoms with van der Waals surface area (Å²) in [5, 5.41) is 8.92. The van der Waals surface area contributed by atoms with Gasteiger partial charge in [0.05, 0.1) is 4.90 Å². The van der Waals surface area contributed by atoms with Crippen LogP contribution in [-0.4, -0.2) is 43.7 Å². The van der Waals surface area contributed by atoms with Gasteiger partial charge in [-0.25, -0.2) is 8.42 Å². The third-order valence-electron chi connectivity index (χ3n) is 4.21. The standard InChI is InChI=1S/C18H21N3O5S/c1-13(20)15(11-19)17(22)12-26-18(23)16-9-5-6-10-21(16)27(24,25)14-7-3-2-4-8-14/h2-4,7-8,16H,5-6,9-10,12,20H2,1H3/b15-13+. The summed E-state index contributed by atoms with van der Waals surface area (Å²) in [6.07, 6.45) is 1.60. The molecular formula is C18H21N3O5S. The molecule has 1 atom stereocenters. The van der Waals surface area contributed by atoms with Crippen LogP contribution in [0.3, 0.4) is 0 Å². The average Bonchev–Trinajstić information content (AvgIpc) is 2.67. The van der Waals surface area contributed by atoms with Crippen molar-refractivity contribution in [3.8, 4) is 6.07 Å². The van der Waals surface area contributed by atoms with Crippen molar-refractivity contribution < 1.29 is 22.7 Å². The third-order valence-corrected chi connectivity index (χ3v) is 6.13. The van der Waals surface area contributed by atoms with Crippen LogP contribution in [-0.2, 0) is 24.3 Å². The number of benzene rings is 1. The number of piperidine rings is 1. The van der Waals surface area contributed by atoms with Gasteiger partial charge in [0.25, 0.3) is 0 Å². The van der Waals surface area contributed by atoms with Crippen LogP contribution in [0.25, 0.3) is 0 Å². The summed E-state index contributed by atoms with van der Waals surface area (Å²) < 4.78 is 31.9. The predicted molar refractivity (Wildman–Crippen MR) is 96.4 cm³/mol. The first-order valence-corrected chi connectivity index (χ1v) is 9.86. The fourth-order valence-corrected chi connectivity index (χ4v) is 4.50. The lowest BCUT2D eigenvalue weighted by Crippen LogP contribution is -2.48. The summed E-state index contributed by atoms with van der Waals surface area (Å²) in [5.74, 6) is -1.53. The topological polar surface area (TPSA) is 131 Å². The summed E-state index contributed by atoms with van der Waals surface area (Å²) >= 11 is 0. The summed E-state index contributed by atoms with van der Waals surface area (Å²) in [6.45, 7) is 0.926. The van der Waals surface area contributed by atoms with Gasteiger partial charge >= 0.3 is 5.97 Å². The first-order valence-electron chi connectivity index (χ1n) is 8.42. The number of carbonyl (C=O) groups is 2. The van der Waals surface area contributed by atoms with Gasteiger partial charge in [0.2, 0.25) is 15.8 Å². The minimum absolute atomic E-state index is 0.0319. The molecule has 144 valence electrons. The van der Waals surface area contributed by atoms with Crippen LogP contribution in [0.1, 0.15) is 26.2 Å². The summed E-state index contributed by atoms with van der Waals surface area (Å²) in [7, 11) is -3.86. The molecule has 27 heavy (non-hydrogen) atoms. The molecule has 0 radical (unpaired) electrons. The zero-order valence-electron chi connectivity index (χ0n) is 14.9. The predicted octanol–water partition coefficient (Wildman–Crippen LogP) is 1.10. The maximum Gasteiger partial charge on any atom is 0.324 e. The Labute approximate surface area is 158 Å². The van der Waals surface area contributed by atoms with Gasteiger partial charge in [-0.05, 0) is 38.3 Å². The molecule has 1 aliphatic heterocycles. The zero-order chi connectivity index (χ0) is 20.0. The third kappa shape index (κ3) is 4.72. The molecule has 0 amide bonds. The molecule has 1 fully saturated rings. The number of nitrogens with zero attached hydrogens (tertiary/aromatic N) is 2. The van der Waals surface area contributed by atoms with Gasteiger partial charge in [-0.3, -0.25) is 9.59 Å². The van der Waals surface area contributed by atoms with Crippen molar-refractivity contribution in [3.05, 3.63) is 41.6 Å². The minimum Gasteiger partial charge on any atom is -0.456 e. The molecule has 8 nitrogen and oxygen atoms in total. The number of hydrogen-bond donors (Lipinski definition) is 1. The van der Waals surface area contributed by atoms with Gasteiger partial charge in [-0.1, -0.05) is 18.2 Å². The number of allylic oxidation sites excluding steroid dienone is 1. The second kappa shape index (κ2) is 8.79. The van der Waals surface area contributed by atoms with Crippen LogP contribution in [0.4, 0.5) is 0 Å². The molecule has 0 spiro atoms. The van der Waals surface area contributed by atoms with Crippen LogP contribution >= 0.6 is 0 Å². The van der Waals surface area contributed by atoms with Crippen molar-refractivity contribution >= 4 is 21.8 Å². The molecule has 1 aliphatic rings. The van der Waals surface area contributed by atoms with Gasteiger partial charge in [0.15, 0.2) is 6.61 Å². The van der Waals surface area contributed by atoms with Crippen molar-refractivity contribution in [1.82, 2.24) is 4.31 Å². The number of nitriles is 1. The average molecular weight is 391 g/mol. The molecule has 2 rings (SSSR count). The number of ether oxygens (including phenoxy) is 1. The number of hydrogen-bond acceptors (Lipinski definition) is 7. The first kappa shape index (κ1) is 20.6. The Morgan fingerprint density at radius 3 is 2.56 bits per heavy atom. The first-order chi connectivity index (χ1) is 12.8. The van der Waals surface area contributed by atoms with Crippen molar-refractivity contribution in [3.63, 3.8) is 0 Å². The molecule has 1 aromatic carbocycles. The van der Waals surface area contributed by atoms with Crippen molar-refractivity contribution in [1.29, 1.82) is 5.26 Å². The molecule has 9 heteroatoms. The lowest BCUT2D eigenvalue weighted by Gasteiger charge is -2.32. The monoisotopic (exact) mass is 391 g/mol. The summed E-state index contributed by atoms with van der Waals surface area (Å²) in [6, 6.07) is 8.49. The maximum atomic E-state index is 12.9. The van der Waals surface area contributed by atoms with Crippen molar-refractivity contribution in [2.45, 2.75) is 37.1 Å². The highest BCUT2D eigenvalue weighted by Crippen LogP contribution is 2.26. The largest absolute Gasteiger partial charge is 0.456 e. The molecule has 1 unspecified atom stereocenters. The number of esters is 1. The maximum absolute atomic E-state index is 12.9. The molecule has 0 aliphatic carbocycles. The molecule has 2 N–H and O–H groups in total. The highest BCUT2D eigenvalue weighted by atomic mass is 32.2. The fraction of sp³-hybridized carbons (Fsp3) is 0.389. The molecule has 0 saturated carbocycles. The zero-order valence-corrected chi connectivity index (χ0v) is 15.7. The number of rotatable bonds is 6. The van der Waals surface area contributed by atoms with E-state index < -0.39 is 34.4 Å². The SMILES string of the molecule is C/C(N)=C(/C#N)C(=O)COC(=O)C1CCCCN1S(=O)(=O)c1ccccc1. The van der Waals surface area contributed by atoms with Gasteiger partial charge in [0, 0.05) is 12.2 Å². The Kier molecular flexibility index (Phi) is 6.71. The number of nitrogens with two attached hydrogens (primary N) is 1. The molecular weight excluding hydrogens is 370 g/mol. The summed E-state index contributed by atoms with van der Waals surface area (Å²) in [4.78, 5) is 24.5. The van der Waals surface area contributed by atoms with Crippen LogP contribution in [0.2, 0.25) is 0 Å². The Hall–Kier alpha value is -2.70. The Bertz CT molecular complexity index is 883. The van der Waals surface area contributed by atoms with Gasteiger partial charge in [-0.2, -0.15) is 9.57 Å². The second-order valence-electron chi connectivity index (χ2n) is 6.14. The smallest absolute Gasteiger partial charge is 0.324 e. The quantitative estimate of drug-likeness (QED) is 0.436. The normalized spacial score (nSPS) is 18.9. The van der Waals surface area contributed by atoms with Crippen LogP contribution in [0.15, 0.2) is 46.5 Å².